The number of carboxylic acid groups (broad SMARTS) is 4. The summed E-state index contributed by atoms with van der Waals surface area (Å²) < 4.78 is 0. The highest BCUT2D eigenvalue weighted by molar-refractivity contribution is 5.33. The normalized spacial score (nSPS) is 28.4. The van der Waals surface area contributed by atoms with Gasteiger partial charge in [0.15, 0.2) is 0 Å². The Morgan fingerprint density at radius 2 is 0.545 bits per heavy atom. The molecule has 4 aliphatic carbocycles. The van der Waals surface area contributed by atoms with Crippen LogP contribution in [0.4, 0.5) is 0 Å². The molecule has 0 radical (unpaired) electrons. The predicted octanol–water partition coefficient (Wildman–Crippen LogP) is 1.64. The van der Waals surface area contributed by atoms with Gasteiger partial charge in [0.25, 0.3) is 25.9 Å². The molecule has 128 valence electrons. The first-order valence-corrected chi connectivity index (χ1v) is 6.87. The van der Waals surface area contributed by atoms with Crippen LogP contribution in [0, 0.1) is 23.7 Å². The SMILES string of the molecule is C1C2CC3CC1CC(C2)C3.O=CO.O=CO.O=CO.O=CO. The van der Waals surface area contributed by atoms with Gasteiger partial charge in [-0.2, -0.15) is 0 Å². The summed E-state index contributed by atoms with van der Waals surface area (Å²) in [7, 11) is 0. The largest absolute Gasteiger partial charge is 0.483 e. The fourth-order valence-corrected chi connectivity index (χ4v) is 3.98. The van der Waals surface area contributed by atoms with Crippen molar-refractivity contribution < 1.29 is 39.6 Å². The van der Waals surface area contributed by atoms with Gasteiger partial charge in [-0.3, -0.25) is 19.2 Å². The maximum Gasteiger partial charge on any atom is 0.290 e. The van der Waals surface area contributed by atoms with E-state index >= 15 is 0 Å². The third kappa shape index (κ3) is 10.6. The van der Waals surface area contributed by atoms with Gasteiger partial charge in [-0.25, -0.2) is 0 Å². The molecule has 0 aromatic carbocycles. The van der Waals surface area contributed by atoms with E-state index in [-0.39, 0.29) is 25.9 Å². The van der Waals surface area contributed by atoms with E-state index < -0.39 is 0 Å². The Morgan fingerprint density at radius 1 is 0.455 bits per heavy atom. The highest BCUT2D eigenvalue weighted by Crippen LogP contribution is 2.53. The minimum absolute atomic E-state index is 0.250. The van der Waals surface area contributed by atoms with E-state index in [1.165, 1.54) is 23.7 Å². The van der Waals surface area contributed by atoms with Crippen LogP contribution in [0.5, 0.6) is 0 Å². The Hall–Kier alpha value is -2.12. The van der Waals surface area contributed by atoms with Crippen molar-refractivity contribution in [3.05, 3.63) is 0 Å². The zero-order chi connectivity index (χ0) is 17.4. The molecule has 0 unspecified atom stereocenters. The van der Waals surface area contributed by atoms with Gasteiger partial charge in [-0.1, -0.05) is 0 Å². The first kappa shape index (κ1) is 22.2. The molecule has 4 saturated carbocycles. The molecule has 4 fully saturated rings. The Labute approximate surface area is 128 Å². The molecule has 0 heterocycles. The quantitative estimate of drug-likeness (QED) is 0.492. The van der Waals surface area contributed by atoms with Crippen LogP contribution < -0.4 is 0 Å². The van der Waals surface area contributed by atoms with Gasteiger partial charge in [0.05, 0.1) is 0 Å². The van der Waals surface area contributed by atoms with E-state index in [0.29, 0.717) is 0 Å². The van der Waals surface area contributed by atoms with Gasteiger partial charge in [-0.05, 0) is 62.2 Å². The van der Waals surface area contributed by atoms with Crippen molar-refractivity contribution in [2.45, 2.75) is 38.5 Å². The Kier molecular flexibility index (Phi) is 15.4. The summed E-state index contributed by atoms with van der Waals surface area (Å²) in [6.45, 7) is -1.00. The number of hydrogen-bond acceptors (Lipinski definition) is 4. The summed E-state index contributed by atoms with van der Waals surface area (Å²) in [4.78, 5) is 33.4. The van der Waals surface area contributed by atoms with Gasteiger partial charge < -0.3 is 20.4 Å². The second-order valence-electron chi connectivity index (χ2n) is 5.30. The number of rotatable bonds is 0. The van der Waals surface area contributed by atoms with E-state index in [1.807, 2.05) is 0 Å². The van der Waals surface area contributed by atoms with Crippen molar-refractivity contribution >= 4 is 25.9 Å². The summed E-state index contributed by atoms with van der Waals surface area (Å²) >= 11 is 0. The van der Waals surface area contributed by atoms with Crippen LogP contribution in [0.1, 0.15) is 38.5 Å². The van der Waals surface area contributed by atoms with E-state index in [4.69, 9.17) is 39.6 Å². The van der Waals surface area contributed by atoms with E-state index in [2.05, 4.69) is 0 Å². The average molecular weight is 320 g/mol. The van der Waals surface area contributed by atoms with Gasteiger partial charge in [0.2, 0.25) is 0 Å². The molecule has 4 N–H and O–H groups in total. The molecule has 0 saturated heterocycles. The molecule has 8 heteroatoms. The smallest absolute Gasteiger partial charge is 0.290 e. The first-order chi connectivity index (χ1) is 10.6. The third-order valence-electron chi connectivity index (χ3n) is 4.00. The molecule has 0 aromatic rings. The maximum absolute atomic E-state index is 8.36. The minimum Gasteiger partial charge on any atom is -0.483 e. The topological polar surface area (TPSA) is 149 Å². The summed E-state index contributed by atoms with van der Waals surface area (Å²) in [5.74, 6) is 4.71. The molecule has 4 bridgehead atoms. The molecular formula is C14H24O8. The van der Waals surface area contributed by atoms with Crippen LogP contribution >= 0.6 is 0 Å². The van der Waals surface area contributed by atoms with Crippen LogP contribution in [0.15, 0.2) is 0 Å². The lowest BCUT2D eigenvalue weighted by atomic mass is 9.56. The summed E-state index contributed by atoms with van der Waals surface area (Å²) in [5.41, 5.74) is 0. The Morgan fingerprint density at radius 3 is 0.636 bits per heavy atom. The first-order valence-electron chi connectivity index (χ1n) is 6.87. The zero-order valence-electron chi connectivity index (χ0n) is 12.3. The second kappa shape index (κ2) is 15.3. The highest BCUT2D eigenvalue weighted by Gasteiger charge is 2.41. The second-order valence-corrected chi connectivity index (χ2v) is 5.30. The molecule has 4 rings (SSSR count). The molecule has 0 atom stereocenters. The minimum atomic E-state index is -0.250. The van der Waals surface area contributed by atoms with E-state index in [0.717, 1.165) is 0 Å². The molecule has 8 nitrogen and oxygen atoms in total. The predicted molar refractivity (Wildman–Crippen MR) is 76.4 cm³/mol. The molecule has 0 amide bonds. The van der Waals surface area contributed by atoms with Crippen LogP contribution in [-0.4, -0.2) is 46.3 Å². The average Bonchev–Trinajstić information content (AvgIpc) is 2.40. The van der Waals surface area contributed by atoms with Crippen molar-refractivity contribution in [3.8, 4) is 0 Å². The monoisotopic (exact) mass is 320 g/mol. The molecule has 22 heavy (non-hydrogen) atoms. The van der Waals surface area contributed by atoms with Crippen LogP contribution in [0.3, 0.4) is 0 Å². The van der Waals surface area contributed by atoms with E-state index in [9.17, 15) is 0 Å². The van der Waals surface area contributed by atoms with Gasteiger partial charge >= 0.3 is 0 Å². The lowest BCUT2D eigenvalue weighted by Crippen LogP contribution is -2.38. The van der Waals surface area contributed by atoms with Gasteiger partial charge in [-0.15, -0.1) is 0 Å². The van der Waals surface area contributed by atoms with Gasteiger partial charge in [0.1, 0.15) is 0 Å². The van der Waals surface area contributed by atoms with Crippen LogP contribution in [-0.2, 0) is 19.2 Å². The van der Waals surface area contributed by atoms with Crippen molar-refractivity contribution in [2.24, 2.45) is 23.7 Å². The number of hydrogen-bond donors (Lipinski definition) is 4. The molecule has 0 spiro atoms. The molecule has 0 aromatic heterocycles. The maximum atomic E-state index is 8.36. The Bertz CT molecular complexity index is 225. The summed E-state index contributed by atoms with van der Waals surface area (Å²) in [5, 5.41) is 27.6. The van der Waals surface area contributed by atoms with Crippen molar-refractivity contribution in [2.75, 3.05) is 0 Å². The molecular weight excluding hydrogens is 296 g/mol. The standard InChI is InChI=1S/C10H16.4CH2O2/c1-7-2-9-4-8(1)5-10(3-7)6-9;4*2-1-3/h7-10H,1-6H2;4*1H,(H,2,3). The molecule has 0 aliphatic heterocycles. The molecule has 4 aliphatic rings. The lowest BCUT2D eigenvalue weighted by Gasteiger charge is -2.49. The Balaban J connectivity index is 0. The van der Waals surface area contributed by atoms with Crippen LogP contribution in [0.2, 0.25) is 0 Å². The van der Waals surface area contributed by atoms with Crippen molar-refractivity contribution in [1.82, 2.24) is 0 Å². The zero-order valence-corrected chi connectivity index (χ0v) is 12.3. The fraction of sp³-hybridized carbons (Fsp3) is 0.714. The third-order valence-corrected chi connectivity index (χ3v) is 4.00. The number of carbonyl (C=O) groups is 4. The van der Waals surface area contributed by atoms with Crippen molar-refractivity contribution in [1.29, 1.82) is 0 Å². The van der Waals surface area contributed by atoms with Gasteiger partial charge in [0, 0.05) is 0 Å². The summed E-state index contributed by atoms with van der Waals surface area (Å²) in [6, 6.07) is 0. The van der Waals surface area contributed by atoms with Crippen LogP contribution in [0.25, 0.3) is 0 Å². The fourth-order valence-electron chi connectivity index (χ4n) is 3.98. The lowest BCUT2D eigenvalue weighted by molar-refractivity contribution is -0.123. The van der Waals surface area contributed by atoms with E-state index in [1.54, 1.807) is 38.5 Å². The summed E-state index contributed by atoms with van der Waals surface area (Å²) in [6.07, 6.45) is 9.62. The van der Waals surface area contributed by atoms with Crippen molar-refractivity contribution in [3.63, 3.8) is 0 Å². The highest BCUT2D eigenvalue weighted by atomic mass is 16.4.